The molecule has 1 aliphatic rings. The zero-order chi connectivity index (χ0) is 19.7. The van der Waals surface area contributed by atoms with Crippen LogP contribution in [0.4, 0.5) is 5.69 Å². The van der Waals surface area contributed by atoms with Crippen LogP contribution in [0.3, 0.4) is 0 Å². The number of hydrogen-bond acceptors (Lipinski definition) is 4. The van der Waals surface area contributed by atoms with Crippen LogP contribution in [0.2, 0.25) is 5.02 Å². The number of ether oxygens (including phenoxy) is 1. The van der Waals surface area contributed by atoms with E-state index in [-0.39, 0.29) is 24.3 Å². The number of halogens is 1. The van der Waals surface area contributed by atoms with Gasteiger partial charge in [-0.25, -0.2) is 4.98 Å². The van der Waals surface area contributed by atoms with Gasteiger partial charge in [0.25, 0.3) is 0 Å². The molecule has 144 valence electrons. The Morgan fingerprint density at radius 2 is 2.07 bits per heavy atom. The average molecular weight is 398 g/mol. The van der Waals surface area contributed by atoms with Gasteiger partial charge in [0, 0.05) is 29.6 Å². The molecule has 0 aliphatic carbocycles. The van der Waals surface area contributed by atoms with Crippen molar-refractivity contribution in [1.29, 1.82) is 0 Å². The Bertz CT molecular complexity index is 1050. The molecule has 0 saturated carbocycles. The first-order valence-electron chi connectivity index (χ1n) is 9.23. The van der Waals surface area contributed by atoms with Crippen molar-refractivity contribution >= 4 is 40.2 Å². The Hall–Kier alpha value is -2.86. The summed E-state index contributed by atoms with van der Waals surface area (Å²) >= 11 is 6.08. The lowest BCUT2D eigenvalue weighted by Crippen LogP contribution is -2.24. The fraction of sp³-hybridized carbons (Fsp3) is 0.286. The van der Waals surface area contributed by atoms with E-state index in [1.807, 2.05) is 41.0 Å². The molecule has 0 bridgehead atoms. The molecule has 1 aliphatic heterocycles. The van der Waals surface area contributed by atoms with E-state index in [0.717, 1.165) is 22.5 Å². The van der Waals surface area contributed by atoms with Crippen molar-refractivity contribution < 1.29 is 14.3 Å². The second-order valence-corrected chi connectivity index (χ2v) is 7.17. The fourth-order valence-electron chi connectivity index (χ4n) is 3.68. The average Bonchev–Trinajstić information content (AvgIpc) is 3.23. The summed E-state index contributed by atoms with van der Waals surface area (Å²) in [6.07, 6.45) is 0.332. The van der Waals surface area contributed by atoms with E-state index < -0.39 is 0 Å². The molecule has 0 unspecified atom stereocenters. The summed E-state index contributed by atoms with van der Waals surface area (Å²) in [7, 11) is 0. The second kappa shape index (κ2) is 7.64. The van der Waals surface area contributed by atoms with Crippen molar-refractivity contribution in [3.05, 3.63) is 59.4 Å². The van der Waals surface area contributed by atoms with Crippen LogP contribution in [0.5, 0.6) is 0 Å². The summed E-state index contributed by atoms with van der Waals surface area (Å²) in [5.74, 6) is 0.311. The molecule has 1 aromatic heterocycles. The lowest BCUT2D eigenvalue weighted by atomic mass is 10.1. The van der Waals surface area contributed by atoms with Crippen molar-refractivity contribution in [1.82, 2.24) is 9.55 Å². The van der Waals surface area contributed by atoms with Gasteiger partial charge in [0.15, 0.2) is 0 Å². The van der Waals surface area contributed by atoms with Crippen molar-refractivity contribution in [3.63, 3.8) is 0 Å². The molecule has 1 amide bonds. The number of aromatic nitrogens is 2. The third-order valence-corrected chi connectivity index (χ3v) is 5.12. The number of hydrogen-bond donors (Lipinski definition) is 0. The first-order chi connectivity index (χ1) is 13.6. The van der Waals surface area contributed by atoms with Gasteiger partial charge in [-0.15, -0.1) is 0 Å². The van der Waals surface area contributed by atoms with Gasteiger partial charge in [-0.2, -0.15) is 0 Å². The summed E-state index contributed by atoms with van der Waals surface area (Å²) in [6.45, 7) is 2.67. The Kier molecular flexibility index (Phi) is 5.05. The second-order valence-electron chi connectivity index (χ2n) is 6.74. The molecule has 1 fully saturated rings. The van der Waals surface area contributed by atoms with Crippen molar-refractivity contribution in [2.45, 2.75) is 25.8 Å². The molecule has 0 radical (unpaired) electrons. The van der Waals surface area contributed by atoms with Gasteiger partial charge in [0.2, 0.25) is 5.91 Å². The maximum absolute atomic E-state index is 12.7. The topological polar surface area (TPSA) is 64.4 Å². The van der Waals surface area contributed by atoms with Crippen molar-refractivity contribution in [2.75, 3.05) is 18.1 Å². The Balaban J connectivity index is 1.69. The number of imidazole rings is 1. The van der Waals surface area contributed by atoms with Gasteiger partial charge < -0.3 is 14.2 Å². The van der Waals surface area contributed by atoms with Crippen LogP contribution in [-0.2, 0) is 20.9 Å². The van der Waals surface area contributed by atoms with Crippen molar-refractivity contribution in [2.24, 2.45) is 0 Å². The molecule has 0 N–H and O–H groups in total. The molecule has 2 aromatic carbocycles. The SMILES string of the molecule is CCOC(=O)Cn1c([C@H]2CC(=O)N(c3cccc(Cl)c3)C2)nc2ccccc21. The normalized spacial score (nSPS) is 16.7. The van der Waals surface area contributed by atoms with Crippen LogP contribution >= 0.6 is 11.6 Å². The number of para-hydroxylation sites is 2. The number of benzene rings is 2. The summed E-state index contributed by atoms with van der Waals surface area (Å²) < 4.78 is 6.99. The summed E-state index contributed by atoms with van der Waals surface area (Å²) in [5, 5.41) is 0.586. The molecular weight excluding hydrogens is 378 g/mol. The van der Waals surface area contributed by atoms with Crippen LogP contribution in [0, 0.1) is 0 Å². The zero-order valence-electron chi connectivity index (χ0n) is 15.5. The maximum Gasteiger partial charge on any atom is 0.326 e. The number of rotatable bonds is 5. The first kappa shape index (κ1) is 18.5. The molecule has 1 saturated heterocycles. The largest absolute Gasteiger partial charge is 0.465 e. The predicted molar refractivity (Wildman–Crippen MR) is 108 cm³/mol. The lowest BCUT2D eigenvalue weighted by molar-refractivity contribution is -0.143. The molecule has 28 heavy (non-hydrogen) atoms. The smallest absolute Gasteiger partial charge is 0.326 e. The highest BCUT2D eigenvalue weighted by Gasteiger charge is 2.35. The van der Waals surface area contributed by atoms with Gasteiger partial charge in [0.1, 0.15) is 12.4 Å². The Morgan fingerprint density at radius 1 is 1.25 bits per heavy atom. The minimum Gasteiger partial charge on any atom is -0.465 e. The number of anilines is 1. The highest BCUT2D eigenvalue weighted by atomic mass is 35.5. The quantitative estimate of drug-likeness (QED) is 0.615. The zero-order valence-corrected chi connectivity index (χ0v) is 16.2. The number of nitrogens with zero attached hydrogens (tertiary/aromatic N) is 3. The standard InChI is InChI=1S/C21H20ClN3O3/c1-2-28-20(27)13-25-18-9-4-3-8-17(18)23-21(25)14-10-19(26)24(12-14)16-7-5-6-15(22)11-16/h3-9,11,14H,2,10,12-13H2,1H3/t14-/m0/s1. The van der Waals surface area contributed by atoms with E-state index in [1.165, 1.54) is 0 Å². The van der Waals surface area contributed by atoms with Gasteiger partial charge >= 0.3 is 5.97 Å². The number of fused-ring (bicyclic) bond motifs is 1. The van der Waals surface area contributed by atoms with E-state index in [4.69, 9.17) is 21.3 Å². The van der Waals surface area contributed by atoms with Gasteiger partial charge in [-0.05, 0) is 37.3 Å². The van der Waals surface area contributed by atoms with Crippen LogP contribution < -0.4 is 4.90 Å². The summed E-state index contributed by atoms with van der Waals surface area (Å²) in [6, 6.07) is 14.9. The number of carbonyl (C=O) groups excluding carboxylic acids is 2. The predicted octanol–water partition coefficient (Wildman–Crippen LogP) is 3.77. The first-order valence-corrected chi connectivity index (χ1v) is 9.61. The molecule has 2 heterocycles. The van der Waals surface area contributed by atoms with Crippen molar-refractivity contribution in [3.8, 4) is 0 Å². The van der Waals surface area contributed by atoms with Gasteiger partial charge in [-0.1, -0.05) is 29.8 Å². The minimum absolute atomic E-state index is 0.0157. The van der Waals surface area contributed by atoms with Crippen LogP contribution in [0.15, 0.2) is 48.5 Å². The molecular formula is C21H20ClN3O3. The lowest BCUT2D eigenvalue weighted by Gasteiger charge is -2.17. The van der Waals surface area contributed by atoms with E-state index >= 15 is 0 Å². The van der Waals surface area contributed by atoms with Gasteiger partial charge in [-0.3, -0.25) is 9.59 Å². The Labute approximate surface area is 167 Å². The molecule has 6 nitrogen and oxygen atoms in total. The molecule has 4 rings (SSSR count). The Morgan fingerprint density at radius 3 is 2.86 bits per heavy atom. The van der Waals surface area contributed by atoms with Gasteiger partial charge in [0.05, 0.1) is 17.6 Å². The molecule has 0 spiro atoms. The highest BCUT2D eigenvalue weighted by Crippen LogP contribution is 2.34. The van der Waals surface area contributed by atoms with Crippen LogP contribution in [0.1, 0.15) is 25.1 Å². The molecule has 7 heteroatoms. The van der Waals surface area contributed by atoms with Crippen LogP contribution in [0.25, 0.3) is 11.0 Å². The van der Waals surface area contributed by atoms with E-state index in [2.05, 4.69) is 0 Å². The van der Waals surface area contributed by atoms with E-state index in [0.29, 0.717) is 24.6 Å². The monoisotopic (exact) mass is 397 g/mol. The van der Waals surface area contributed by atoms with E-state index in [9.17, 15) is 9.59 Å². The third-order valence-electron chi connectivity index (χ3n) is 4.89. The molecule has 3 aromatic rings. The summed E-state index contributed by atoms with van der Waals surface area (Å²) in [4.78, 5) is 31.3. The third kappa shape index (κ3) is 3.47. The highest BCUT2D eigenvalue weighted by molar-refractivity contribution is 6.30. The van der Waals surface area contributed by atoms with E-state index in [1.54, 1.807) is 24.0 Å². The maximum atomic E-state index is 12.7. The number of carbonyl (C=O) groups is 2. The minimum atomic E-state index is -0.317. The van der Waals surface area contributed by atoms with Crippen LogP contribution in [-0.4, -0.2) is 34.6 Å². The number of amides is 1. The molecule has 1 atom stereocenters. The number of esters is 1. The fourth-order valence-corrected chi connectivity index (χ4v) is 3.87. The summed E-state index contributed by atoms with van der Waals surface area (Å²) in [5.41, 5.74) is 2.43.